The zero-order chi connectivity index (χ0) is 12.5. The number of hydrogen-bond donors (Lipinski definition) is 1. The van der Waals surface area contributed by atoms with Crippen molar-refractivity contribution in [2.75, 3.05) is 18.0 Å². The molecule has 5 nitrogen and oxygen atoms in total. The van der Waals surface area contributed by atoms with Crippen LogP contribution in [0.4, 0.5) is 5.13 Å². The largest absolute Gasteiger partial charge is 0.330 e. The second kappa shape index (κ2) is 4.93. The molecule has 1 aromatic heterocycles. The van der Waals surface area contributed by atoms with Crippen LogP contribution >= 0.6 is 11.3 Å². The van der Waals surface area contributed by atoms with E-state index in [4.69, 9.17) is 5.73 Å². The third-order valence-electron chi connectivity index (χ3n) is 3.90. The van der Waals surface area contributed by atoms with Crippen LogP contribution in [0.25, 0.3) is 0 Å². The van der Waals surface area contributed by atoms with E-state index >= 15 is 0 Å². The molecule has 0 aromatic carbocycles. The van der Waals surface area contributed by atoms with Gasteiger partial charge in [0.15, 0.2) is 0 Å². The highest BCUT2D eigenvalue weighted by Crippen LogP contribution is 2.38. The van der Waals surface area contributed by atoms with Crippen LogP contribution in [0.2, 0.25) is 0 Å². The Morgan fingerprint density at radius 2 is 2.11 bits per heavy atom. The van der Waals surface area contributed by atoms with Gasteiger partial charge in [-0.3, -0.25) is 9.69 Å². The Morgan fingerprint density at radius 3 is 2.78 bits per heavy atom. The summed E-state index contributed by atoms with van der Waals surface area (Å²) < 4.78 is 0. The second-order valence-electron chi connectivity index (χ2n) is 5.21. The van der Waals surface area contributed by atoms with Gasteiger partial charge in [-0.15, -0.1) is 10.2 Å². The molecule has 2 heterocycles. The minimum absolute atomic E-state index is 0.138. The van der Waals surface area contributed by atoms with E-state index < -0.39 is 0 Å². The maximum absolute atomic E-state index is 11.9. The van der Waals surface area contributed by atoms with Crippen molar-refractivity contribution in [3.63, 3.8) is 0 Å². The second-order valence-corrected chi connectivity index (χ2v) is 6.20. The Balaban J connectivity index is 1.74. The molecule has 6 heteroatoms. The van der Waals surface area contributed by atoms with Gasteiger partial charge in [-0.2, -0.15) is 0 Å². The summed E-state index contributed by atoms with van der Waals surface area (Å²) in [6.07, 6.45) is 5.56. The summed E-state index contributed by atoms with van der Waals surface area (Å²) in [6, 6.07) is 0. The summed E-state index contributed by atoms with van der Waals surface area (Å²) in [5.41, 5.74) is 5.63. The lowest BCUT2D eigenvalue weighted by Crippen LogP contribution is -2.25. The first kappa shape index (κ1) is 12.0. The lowest BCUT2D eigenvalue weighted by atomic mass is 10.1. The van der Waals surface area contributed by atoms with E-state index in [1.54, 1.807) is 16.2 Å². The van der Waals surface area contributed by atoms with E-state index in [1.165, 1.54) is 25.7 Å². The quantitative estimate of drug-likeness (QED) is 0.900. The fraction of sp³-hybridized carbons (Fsp3) is 0.750. The fourth-order valence-corrected chi connectivity index (χ4v) is 3.84. The van der Waals surface area contributed by atoms with Gasteiger partial charge < -0.3 is 5.73 Å². The van der Waals surface area contributed by atoms with E-state index in [1.807, 2.05) is 0 Å². The van der Waals surface area contributed by atoms with Crippen LogP contribution < -0.4 is 10.6 Å². The molecule has 0 bridgehead atoms. The summed E-state index contributed by atoms with van der Waals surface area (Å²) >= 11 is 1.59. The van der Waals surface area contributed by atoms with Crippen molar-refractivity contribution in [2.45, 2.75) is 38.0 Å². The maximum Gasteiger partial charge on any atom is 0.229 e. The van der Waals surface area contributed by atoms with Gasteiger partial charge in [0.05, 0.1) is 0 Å². The SMILES string of the molecule is NCC1CC(=O)N(c2nnc(C3CCCC3)s2)C1. The summed E-state index contributed by atoms with van der Waals surface area (Å²) in [6.45, 7) is 1.27. The highest BCUT2D eigenvalue weighted by molar-refractivity contribution is 7.15. The number of nitrogens with two attached hydrogens (primary N) is 1. The normalized spacial score (nSPS) is 25.3. The number of carbonyl (C=O) groups excluding carboxylic acids is 1. The summed E-state index contributed by atoms with van der Waals surface area (Å²) in [5, 5.41) is 10.3. The van der Waals surface area contributed by atoms with Crippen LogP contribution in [-0.4, -0.2) is 29.2 Å². The molecule has 1 aliphatic heterocycles. The van der Waals surface area contributed by atoms with E-state index in [9.17, 15) is 4.79 Å². The summed E-state index contributed by atoms with van der Waals surface area (Å²) in [7, 11) is 0. The van der Waals surface area contributed by atoms with E-state index in [0.717, 1.165) is 10.1 Å². The molecule has 18 heavy (non-hydrogen) atoms. The molecule has 3 rings (SSSR count). The third-order valence-corrected chi connectivity index (χ3v) is 5.01. The topological polar surface area (TPSA) is 72.1 Å². The number of amides is 1. The maximum atomic E-state index is 11.9. The first-order valence-electron chi connectivity index (χ1n) is 6.61. The van der Waals surface area contributed by atoms with Gasteiger partial charge in [-0.05, 0) is 25.3 Å². The first-order chi connectivity index (χ1) is 8.78. The predicted octanol–water partition coefficient (Wildman–Crippen LogP) is 1.51. The molecule has 2 N–H and O–H groups in total. The number of rotatable bonds is 3. The van der Waals surface area contributed by atoms with E-state index in [0.29, 0.717) is 25.4 Å². The van der Waals surface area contributed by atoms with Gasteiger partial charge in [-0.25, -0.2) is 0 Å². The van der Waals surface area contributed by atoms with Crippen LogP contribution in [0, 0.1) is 5.92 Å². The first-order valence-corrected chi connectivity index (χ1v) is 7.43. The minimum Gasteiger partial charge on any atom is -0.330 e. The van der Waals surface area contributed by atoms with Gasteiger partial charge in [0.2, 0.25) is 11.0 Å². The number of carbonyl (C=O) groups is 1. The number of hydrogen-bond acceptors (Lipinski definition) is 5. The lowest BCUT2D eigenvalue weighted by Gasteiger charge is -2.11. The van der Waals surface area contributed by atoms with Gasteiger partial charge in [0.25, 0.3) is 0 Å². The number of nitrogens with zero attached hydrogens (tertiary/aromatic N) is 3. The summed E-state index contributed by atoms with van der Waals surface area (Å²) in [4.78, 5) is 13.6. The molecular formula is C12H18N4OS. The van der Waals surface area contributed by atoms with Crippen LogP contribution in [0.15, 0.2) is 0 Å². The van der Waals surface area contributed by atoms with Crippen LogP contribution in [0.3, 0.4) is 0 Å². The molecule has 98 valence electrons. The van der Waals surface area contributed by atoms with E-state index in [-0.39, 0.29) is 11.8 Å². The van der Waals surface area contributed by atoms with Crippen molar-refractivity contribution in [1.29, 1.82) is 0 Å². The molecule has 2 aliphatic rings. The number of anilines is 1. The van der Waals surface area contributed by atoms with Crippen LogP contribution in [0.5, 0.6) is 0 Å². The summed E-state index contributed by atoms with van der Waals surface area (Å²) in [5.74, 6) is 0.982. The molecule has 1 atom stereocenters. The van der Waals surface area contributed by atoms with Crippen molar-refractivity contribution in [3.05, 3.63) is 5.01 Å². The zero-order valence-corrected chi connectivity index (χ0v) is 11.2. The highest BCUT2D eigenvalue weighted by atomic mass is 32.1. The van der Waals surface area contributed by atoms with Crippen molar-refractivity contribution in [1.82, 2.24) is 10.2 Å². The zero-order valence-electron chi connectivity index (χ0n) is 10.3. The molecule has 0 radical (unpaired) electrons. The Labute approximate surface area is 110 Å². The predicted molar refractivity (Wildman–Crippen MR) is 70.6 cm³/mol. The van der Waals surface area contributed by atoms with Crippen LogP contribution in [-0.2, 0) is 4.79 Å². The fourth-order valence-electron chi connectivity index (χ4n) is 2.80. The van der Waals surface area contributed by atoms with Crippen LogP contribution in [0.1, 0.15) is 43.0 Å². The van der Waals surface area contributed by atoms with Gasteiger partial charge >= 0.3 is 0 Å². The Hall–Kier alpha value is -1.01. The molecule has 0 spiro atoms. The molecule has 1 saturated carbocycles. The monoisotopic (exact) mass is 266 g/mol. The molecule has 2 fully saturated rings. The van der Waals surface area contributed by atoms with E-state index in [2.05, 4.69) is 10.2 Å². The average Bonchev–Trinajstić information content (AvgIpc) is 3.08. The molecule has 1 unspecified atom stereocenters. The van der Waals surface area contributed by atoms with Gasteiger partial charge in [0.1, 0.15) is 5.01 Å². The standard InChI is InChI=1S/C12H18N4OS/c13-6-8-5-10(17)16(7-8)12-15-14-11(18-12)9-3-1-2-4-9/h8-9H,1-7,13H2. The number of aromatic nitrogens is 2. The average molecular weight is 266 g/mol. The molecule has 1 aromatic rings. The minimum atomic E-state index is 0.138. The van der Waals surface area contributed by atoms with Crippen molar-refractivity contribution in [2.24, 2.45) is 11.7 Å². The Morgan fingerprint density at radius 1 is 1.33 bits per heavy atom. The Bertz CT molecular complexity index is 441. The van der Waals surface area contributed by atoms with Gasteiger partial charge in [0, 0.05) is 18.9 Å². The van der Waals surface area contributed by atoms with Crippen molar-refractivity contribution >= 4 is 22.4 Å². The smallest absolute Gasteiger partial charge is 0.229 e. The molecular weight excluding hydrogens is 248 g/mol. The lowest BCUT2D eigenvalue weighted by molar-refractivity contribution is -0.117. The Kier molecular flexibility index (Phi) is 3.30. The highest BCUT2D eigenvalue weighted by Gasteiger charge is 2.32. The van der Waals surface area contributed by atoms with Crippen molar-refractivity contribution < 1.29 is 4.79 Å². The third kappa shape index (κ3) is 2.14. The van der Waals surface area contributed by atoms with Crippen molar-refractivity contribution in [3.8, 4) is 0 Å². The molecule has 1 saturated heterocycles. The molecule has 1 amide bonds. The molecule has 1 aliphatic carbocycles. The van der Waals surface area contributed by atoms with Gasteiger partial charge in [-0.1, -0.05) is 24.2 Å².